The monoisotopic (exact) mass is 236 g/mol. The smallest absolute Gasteiger partial charge is 0.104 e. The van der Waals surface area contributed by atoms with E-state index >= 15 is 0 Å². The normalized spacial score (nSPS) is 23.9. The highest BCUT2D eigenvalue weighted by molar-refractivity contribution is 7.20. The SMILES string of the molecule is NC1CC(=NO)c2c(Cl)sc(Cl)c21. The van der Waals surface area contributed by atoms with Crippen molar-refractivity contribution in [2.45, 2.75) is 12.5 Å². The lowest BCUT2D eigenvalue weighted by atomic mass is 10.2. The first-order valence-corrected chi connectivity index (χ1v) is 5.17. The molecule has 1 aromatic rings. The van der Waals surface area contributed by atoms with E-state index in [4.69, 9.17) is 34.1 Å². The van der Waals surface area contributed by atoms with Crippen LogP contribution in [0.25, 0.3) is 0 Å². The Bertz CT molecular complexity index is 388. The Hall–Kier alpha value is -0.290. The molecule has 3 N–H and O–H groups in total. The first-order valence-electron chi connectivity index (χ1n) is 3.59. The zero-order valence-corrected chi connectivity index (χ0v) is 8.75. The summed E-state index contributed by atoms with van der Waals surface area (Å²) < 4.78 is 1.13. The van der Waals surface area contributed by atoms with Gasteiger partial charge >= 0.3 is 0 Å². The van der Waals surface area contributed by atoms with E-state index in [2.05, 4.69) is 5.16 Å². The Kier molecular flexibility index (Phi) is 2.23. The molecule has 1 heterocycles. The van der Waals surface area contributed by atoms with E-state index in [9.17, 15) is 0 Å². The van der Waals surface area contributed by atoms with Gasteiger partial charge < -0.3 is 10.9 Å². The van der Waals surface area contributed by atoms with E-state index in [-0.39, 0.29) is 6.04 Å². The van der Waals surface area contributed by atoms with Gasteiger partial charge in [0.05, 0.1) is 10.0 Å². The van der Waals surface area contributed by atoms with Crippen LogP contribution in [0.15, 0.2) is 5.16 Å². The van der Waals surface area contributed by atoms with Gasteiger partial charge in [0.2, 0.25) is 0 Å². The fourth-order valence-electron chi connectivity index (χ4n) is 1.49. The summed E-state index contributed by atoms with van der Waals surface area (Å²) >= 11 is 13.1. The van der Waals surface area contributed by atoms with E-state index in [0.29, 0.717) is 26.4 Å². The van der Waals surface area contributed by atoms with Crippen molar-refractivity contribution in [3.8, 4) is 0 Å². The zero-order chi connectivity index (χ0) is 9.59. The van der Waals surface area contributed by atoms with Crippen molar-refractivity contribution < 1.29 is 5.21 Å². The number of thiophene rings is 1. The number of hydrogen-bond donors (Lipinski definition) is 2. The fourth-order valence-corrected chi connectivity index (χ4v) is 3.37. The van der Waals surface area contributed by atoms with Gasteiger partial charge in [-0.25, -0.2) is 0 Å². The summed E-state index contributed by atoms with van der Waals surface area (Å²) in [6.07, 6.45) is 0.494. The number of oxime groups is 1. The van der Waals surface area contributed by atoms with Crippen LogP contribution in [0.2, 0.25) is 8.67 Å². The predicted molar refractivity (Wildman–Crippen MR) is 54.2 cm³/mol. The average molecular weight is 237 g/mol. The molecule has 0 amide bonds. The van der Waals surface area contributed by atoms with Gasteiger partial charge in [0, 0.05) is 23.6 Å². The van der Waals surface area contributed by atoms with Gasteiger partial charge in [0.15, 0.2) is 0 Å². The molecule has 0 radical (unpaired) electrons. The predicted octanol–water partition coefficient (Wildman–Crippen LogP) is 2.64. The quantitative estimate of drug-likeness (QED) is 0.538. The number of halogens is 2. The lowest BCUT2D eigenvalue weighted by Crippen LogP contribution is -2.06. The summed E-state index contributed by atoms with van der Waals surface area (Å²) in [4.78, 5) is 0. The average Bonchev–Trinajstić information content (AvgIpc) is 2.54. The third-order valence-corrected chi connectivity index (χ3v) is 3.69. The van der Waals surface area contributed by atoms with E-state index in [1.54, 1.807) is 0 Å². The number of nitrogens with zero attached hydrogens (tertiary/aromatic N) is 1. The number of rotatable bonds is 0. The second kappa shape index (κ2) is 3.13. The molecule has 3 nitrogen and oxygen atoms in total. The van der Waals surface area contributed by atoms with Crippen molar-refractivity contribution in [2.24, 2.45) is 10.9 Å². The summed E-state index contributed by atoms with van der Waals surface area (Å²) in [6, 6.07) is -0.197. The minimum Gasteiger partial charge on any atom is -0.411 e. The Labute approximate surface area is 88.8 Å². The summed E-state index contributed by atoms with van der Waals surface area (Å²) in [5, 5.41) is 11.9. The van der Waals surface area contributed by atoms with Crippen molar-refractivity contribution >= 4 is 40.3 Å². The van der Waals surface area contributed by atoms with Crippen molar-refractivity contribution in [2.75, 3.05) is 0 Å². The maximum absolute atomic E-state index is 8.70. The van der Waals surface area contributed by atoms with Crippen LogP contribution in [0.3, 0.4) is 0 Å². The van der Waals surface area contributed by atoms with E-state index in [0.717, 1.165) is 5.56 Å². The number of fused-ring (bicyclic) bond motifs is 1. The second-order valence-electron chi connectivity index (χ2n) is 2.80. The van der Waals surface area contributed by atoms with Gasteiger partial charge in [-0.05, 0) is 0 Å². The topological polar surface area (TPSA) is 58.6 Å². The van der Waals surface area contributed by atoms with E-state index in [1.165, 1.54) is 11.3 Å². The molecule has 2 rings (SSSR count). The first kappa shape index (κ1) is 9.27. The van der Waals surface area contributed by atoms with Crippen LogP contribution in [-0.4, -0.2) is 10.9 Å². The highest BCUT2D eigenvalue weighted by atomic mass is 35.5. The number of hydrogen-bond acceptors (Lipinski definition) is 4. The maximum atomic E-state index is 8.70. The Morgan fingerprint density at radius 2 is 2.15 bits per heavy atom. The van der Waals surface area contributed by atoms with E-state index < -0.39 is 0 Å². The lowest BCUT2D eigenvalue weighted by Gasteiger charge is -1.99. The van der Waals surface area contributed by atoms with Crippen molar-refractivity contribution in [1.82, 2.24) is 0 Å². The van der Waals surface area contributed by atoms with E-state index in [1.807, 2.05) is 0 Å². The maximum Gasteiger partial charge on any atom is 0.104 e. The largest absolute Gasteiger partial charge is 0.411 e. The Morgan fingerprint density at radius 1 is 1.46 bits per heavy atom. The van der Waals surface area contributed by atoms with Crippen LogP contribution in [0, 0.1) is 0 Å². The third kappa shape index (κ3) is 1.25. The zero-order valence-electron chi connectivity index (χ0n) is 6.42. The molecule has 1 unspecified atom stereocenters. The van der Waals surface area contributed by atoms with Gasteiger partial charge in [-0.3, -0.25) is 0 Å². The van der Waals surface area contributed by atoms with Gasteiger partial charge in [-0.15, -0.1) is 11.3 Å². The molecule has 0 fully saturated rings. The van der Waals surface area contributed by atoms with Gasteiger partial charge in [-0.1, -0.05) is 28.4 Å². The molecule has 0 aliphatic heterocycles. The molecule has 6 heteroatoms. The van der Waals surface area contributed by atoms with Crippen LogP contribution in [-0.2, 0) is 0 Å². The molecular weight excluding hydrogens is 231 g/mol. The molecule has 0 bridgehead atoms. The summed E-state index contributed by atoms with van der Waals surface area (Å²) in [5.41, 5.74) is 7.85. The molecule has 0 saturated heterocycles. The van der Waals surface area contributed by atoms with Crippen LogP contribution in [0.1, 0.15) is 23.6 Å². The Balaban J connectivity index is 2.67. The summed E-state index contributed by atoms with van der Waals surface area (Å²) in [7, 11) is 0. The summed E-state index contributed by atoms with van der Waals surface area (Å²) in [5.74, 6) is 0. The standard InChI is InChI=1S/C7H6Cl2N2OS/c8-6-4-2(10)1-3(11-12)5(4)7(9)13-6/h2,12H,1,10H2. The van der Waals surface area contributed by atoms with Crippen LogP contribution in [0.4, 0.5) is 0 Å². The van der Waals surface area contributed by atoms with Gasteiger partial charge in [0.1, 0.15) is 4.34 Å². The van der Waals surface area contributed by atoms with Crippen LogP contribution >= 0.6 is 34.5 Å². The highest BCUT2D eigenvalue weighted by Gasteiger charge is 2.32. The molecule has 70 valence electrons. The van der Waals surface area contributed by atoms with Crippen LogP contribution < -0.4 is 5.73 Å². The molecule has 0 aromatic carbocycles. The van der Waals surface area contributed by atoms with Gasteiger partial charge in [0.25, 0.3) is 0 Å². The molecule has 1 atom stereocenters. The molecule has 1 aliphatic carbocycles. The second-order valence-corrected chi connectivity index (χ2v) is 5.02. The van der Waals surface area contributed by atoms with Crippen LogP contribution in [0.5, 0.6) is 0 Å². The first-order chi connectivity index (χ1) is 6.15. The van der Waals surface area contributed by atoms with Gasteiger partial charge in [-0.2, -0.15) is 0 Å². The molecule has 1 aliphatic rings. The van der Waals surface area contributed by atoms with Crippen molar-refractivity contribution in [3.63, 3.8) is 0 Å². The third-order valence-electron chi connectivity index (χ3n) is 2.05. The molecule has 0 saturated carbocycles. The van der Waals surface area contributed by atoms with Crippen molar-refractivity contribution in [1.29, 1.82) is 0 Å². The fraction of sp³-hybridized carbons (Fsp3) is 0.286. The highest BCUT2D eigenvalue weighted by Crippen LogP contribution is 2.45. The molecule has 13 heavy (non-hydrogen) atoms. The molecule has 1 aromatic heterocycles. The minimum atomic E-state index is -0.197. The molecule has 0 spiro atoms. The Morgan fingerprint density at radius 3 is 2.77 bits per heavy atom. The van der Waals surface area contributed by atoms with Crippen molar-refractivity contribution in [3.05, 3.63) is 19.8 Å². The molecular formula is C7H6Cl2N2OS. The summed E-state index contributed by atoms with van der Waals surface area (Å²) in [6.45, 7) is 0. The minimum absolute atomic E-state index is 0.197. The number of nitrogens with two attached hydrogens (primary N) is 1. The lowest BCUT2D eigenvalue weighted by molar-refractivity contribution is 0.318.